The molecular formula is C11H15FN2O2S. The summed E-state index contributed by atoms with van der Waals surface area (Å²) < 4.78 is 24.8. The van der Waals surface area contributed by atoms with Gasteiger partial charge in [-0.05, 0) is 25.1 Å². The van der Waals surface area contributed by atoms with Crippen LogP contribution in [0.2, 0.25) is 0 Å². The zero-order chi connectivity index (χ0) is 12.8. The number of carbonyl (C=O) groups excluding carboxylic acids is 1. The first-order valence-electron chi connectivity index (χ1n) is 5.24. The van der Waals surface area contributed by atoms with Gasteiger partial charge in [0.05, 0.1) is 10.8 Å². The van der Waals surface area contributed by atoms with Crippen molar-refractivity contribution in [3.05, 3.63) is 24.0 Å². The lowest BCUT2D eigenvalue weighted by atomic mass is 10.3. The Morgan fingerprint density at radius 1 is 1.47 bits per heavy atom. The van der Waals surface area contributed by atoms with Crippen LogP contribution in [-0.2, 0) is 15.6 Å². The summed E-state index contributed by atoms with van der Waals surface area (Å²) in [6.07, 6.45) is 0.150. The largest absolute Gasteiger partial charge is 0.399 e. The van der Waals surface area contributed by atoms with Gasteiger partial charge in [0.1, 0.15) is 5.82 Å². The van der Waals surface area contributed by atoms with Crippen molar-refractivity contribution in [3.8, 4) is 0 Å². The summed E-state index contributed by atoms with van der Waals surface area (Å²) in [6.45, 7) is 2.35. The highest BCUT2D eigenvalue weighted by atomic mass is 32.2. The van der Waals surface area contributed by atoms with Gasteiger partial charge in [0, 0.05) is 29.3 Å². The molecule has 1 atom stereocenters. The molecule has 0 spiro atoms. The average Bonchev–Trinajstić information content (AvgIpc) is 2.25. The standard InChI is InChI=1S/C11H15FN2O2S/c1-2-14-11(15)3-4-17(16)10-6-8(12)5-9(13)7-10/h5-7H,2-4,13H2,1H3,(H,14,15). The van der Waals surface area contributed by atoms with E-state index in [1.165, 1.54) is 12.1 Å². The molecular weight excluding hydrogens is 243 g/mol. The van der Waals surface area contributed by atoms with E-state index in [0.717, 1.165) is 6.07 Å². The van der Waals surface area contributed by atoms with Crippen LogP contribution in [0.5, 0.6) is 0 Å². The third-order valence-electron chi connectivity index (χ3n) is 2.04. The van der Waals surface area contributed by atoms with Crippen molar-refractivity contribution >= 4 is 22.4 Å². The normalized spacial score (nSPS) is 12.1. The molecule has 17 heavy (non-hydrogen) atoms. The van der Waals surface area contributed by atoms with Crippen molar-refractivity contribution in [2.45, 2.75) is 18.2 Å². The highest BCUT2D eigenvalue weighted by Gasteiger charge is 2.09. The molecule has 0 heterocycles. The smallest absolute Gasteiger partial charge is 0.220 e. The molecule has 1 rings (SSSR count). The number of amides is 1. The topological polar surface area (TPSA) is 72.2 Å². The second-order valence-corrected chi connectivity index (χ2v) is 5.04. The van der Waals surface area contributed by atoms with Crippen LogP contribution >= 0.6 is 0 Å². The first-order chi connectivity index (χ1) is 8.02. The minimum Gasteiger partial charge on any atom is -0.399 e. The van der Waals surface area contributed by atoms with Crippen molar-refractivity contribution in [2.75, 3.05) is 18.0 Å². The minimum atomic E-state index is -1.41. The Morgan fingerprint density at radius 2 is 2.18 bits per heavy atom. The van der Waals surface area contributed by atoms with Crippen molar-refractivity contribution < 1.29 is 13.4 Å². The first kappa shape index (κ1) is 13.6. The van der Waals surface area contributed by atoms with Gasteiger partial charge in [-0.15, -0.1) is 0 Å². The Kier molecular flexibility index (Phi) is 5.09. The van der Waals surface area contributed by atoms with Crippen LogP contribution in [0.15, 0.2) is 23.1 Å². The molecule has 1 aromatic rings. The van der Waals surface area contributed by atoms with E-state index in [4.69, 9.17) is 5.73 Å². The molecule has 1 aromatic carbocycles. The molecule has 0 bridgehead atoms. The maximum atomic E-state index is 13.0. The number of rotatable bonds is 5. The van der Waals surface area contributed by atoms with Crippen LogP contribution in [0, 0.1) is 5.82 Å². The minimum absolute atomic E-state index is 0.150. The lowest BCUT2D eigenvalue weighted by molar-refractivity contribution is -0.120. The molecule has 4 nitrogen and oxygen atoms in total. The summed E-state index contributed by atoms with van der Waals surface area (Å²) in [7, 11) is -1.41. The molecule has 0 aliphatic rings. The summed E-state index contributed by atoms with van der Waals surface area (Å²) in [5, 5.41) is 2.60. The summed E-state index contributed by atoms with van der Waals surface area (Å²) >= 11 is 0. The number of hydrogen-bond donors (Lipinski definition) is 2. The van der Waals surface area contributed by atoms with Crippen molar-refractivity contribution in [1.82, 2.24) is 5.32 Å². The van der Waals surface area contributed by atoms with Gasteiger partial charge in [-0.1, -0.05) is 0 Å². The van der Waals surface area contributed by atoms with Gasteiger partial charge in [-0.3, -0.25) is 9.00 Å². The zero-order valence-electron chi connectivity index (χ0n) is 9.53. The van der Waals surface area contributed by atoms with E-state index in [1.54, 1.807) is 0 Å². The predicted molar refractivity (Wildman–Crippen MR) is 65.4 cm³/mol. The summed E-state index contributed by atoms with van der Waals surface area (Å²) in [5.41, 5.74) is 5.68. The monoisotopic (exact) mass is 258 g/mol. The van der Waals surface area contributed by atoms with Gasteiger partial charge < -0.3 is 11.1 Å². The summed E-state index contributed by atoms with van der Waals surface area (Å²) in [6, 6.07) is 3.78. The molecule has 0 saturated carbocycles. The molecule has 94 valence electrons. The fourth-order valence-corrected chi connectivity index (χ4v) is 2.42. The van der Waals surface area contributed by atoms with Crippen molar-refractivity contribution in [3.63, 3.8) is 0 Å². The summed E-state index contributed by atoms with van der Waals surface area (Å²) in [4.78, 5) is 11.5. The number of nitrogens with two attached hydrogens (primary N) is 1. The van der Waals surface area contributed by atoms with E-state index in [1.807, 2.05) is 6.92 Å². The molecule has 1 amide bonds. The third-order valence-corrected chi connectivity index (χ3v) is 3.38. The SMILES string of the molecule is CCNC(=O)CCS(=O)c1cc(N)cc(F)c1. The quantitative estimate of drug-likeness (QED) is 0.775. The van der Waals surface area contributed by atoms with Crippen LogP contribution in [0.1, 0.15) is 13.3 Å². The predicted octanol–water partition coefficient (Wildman–Crippen LogP) is 1.04. The lowest BCUT2D eigenvalue weighted by Gasteiger charge is -2.04. The number of halogens is 1. The second-order valence-electron chi connectivity index (χ2n) is 3.47. The third kappa shape index (κ3) is 4.52. The Balaban J connectivity index is 2.61. The zero-order valence-corrected chi connectivity index (χ0v) is 10.3. The van der Waals surface area contributed by atoms with Crippen LogP contribution in [0.25, 0.3) is 0 Å². The maximum Gasteiger partial charge on any atom is 0.220 e. The Labute approximate surface area is 102 Å². The van der Waals surface area contributed by atoms with Gasteiger partial charge in [-0.2, -0.15) is 0 Å². The number of nitrogen functional groups attached to an aromatic ring is 1. The van der Waals surface area contributed by atoms with E-state index >= 15 is 0 Å². The molecule has 0 fully saturated rings. The second kappa shape index (κ2) is 6.34. The van der Waals surface area contributed by atoms with E-state index in [2.05, 4.69) is 5.32 Å². The van der Waals surface area contributed by atoms with Crippen molar-refractivity contribution in [2.24, 2.45) is 0 Å². The van der Waals surface area contributed by atoms with E-state index < -0.39 is 16.6 Å². The fraction of sp³-hybridized carbons (Fsp3) is 0.364. The highest BCUT2D eigenvalue weighted by Crippen LogP contribution is 2.14. The number of hydrogen-bond acceptors (Lipinski definition) is 3. The van der Waals surface area contributed by atoms with Gasteiger partial charge in [0.15, 0.2) is 0 Å². The highest BCUT2D eigenvalue weighted by molar-refractivity contribution is 7.85. The number of carbonyl (C=O) groups is 1. The molecule has 0 aliphatic heterocycles. The number of nitrogens with one attached hydrogen (secondary N) is 1. The van der Waals surface area contributed by atoms with E-state index in [-0.39, 0.29) is 23.8 Å². The van der Waals surface area contributed by atoms with Crippen LogP contribution < -0.4 is 11.1 Å². The van der Waals surface area contributed by atoms with E-state index in [0.29, 0.717) is 11.4 Å². The maximum absolute atomic E-state index is 13.0. The van der Waals surface area contributed by atoms with Crippen LogP contribution in [0.4, 0.5) is 10.1 Å². The molecule has 0 saturated heterocycles. The van der Waals surface area contributed by atoms with Gasteiger partial charge >= 0.3 is 0 Å². The molecule has 6 heteroatoms. The molecule has 0 aromatic heterocycles. The van der Waals surface area contributed by atoms with E-state index in [9.17, 15) is 13.4 Å². The Hall–Kier alpha value is -1.43. The summed E-state index contributed by atoms with van der Waals surface area (Å²) in [5.74, 6) is -0.522. The lowest BCUT2D eigenvalue weighted by Crippen LogP contribution is -2.24. The molecule has 3 N–H and O–H groups in total. The van der Waals surface area contributed by atoms with Gasteiger partial charge in [0.2, 0.25) is 5.91 Å². The van der Waals surface area contributed by atoms with Gasteiger partial charge in [0.25, 0.3) is 0 Å². The van der Waals surface area contributed by atoms with Crippen LogP contribution in [-0.4, -0.2) is 22.4 Å². The fourth-order valence-electron chi connectivity index (χ4n) is 1.30. The van der Waals surface area contributed by atoms with Crippen LogP contribution in [0.3, 0.4) is 0 Å². The average molecular weight is 258 g/mol. The Bertz CT molecular complexity index is 417. The number of benzene rings is 1. The number of anilines is 1. The molecule has 0 aliphatic carbocycles. The van der Waals surface area contributed by atoms with Gasteiger partial charge in [-0.25, -0.2) is 4.39 Å². The van der Waals surface area contributed by atoms with Crippen molar-refractivity contribution in [1.29, 1.82) is 0 Å². The first-order valence-corrected chi connectivity index (χ1v) is 6.56. The Morgan fingerprint density at radius 3 is 2.76 bits per heavy atom. The molecule has 0 radical (unpaired) electrons. The molecule has 1 unspecified atom stereocenters.